The van der Waals surface area contributed by atoms with Crippen LogP contribution in [0.5, 0.6) is 0 Å². The molecule has 0 bridgehead atoms. The van der Waals surface area contributed by atoms with Gasteiger partial charge in [0.2, 0.25) is 0 Å². The molecular weight excluding hydrogens is 619 g/mol. The molecule has 0 saturated heterocycles. The quantitative estimate of drug-likeness (QED) is 0.190. The molecular formula is C48H33N3. The highest BCUT2D eigenvalue weighted by Gasteiger charge is 2.36. The molecule has 2 aromatic heterocycles. The Hall–Kier alpha value is -6.45. The third-order valence-electron chi connectivity index (χ3n) is 10.8. The van der Waals surface area contributed by atoms with Crippen LogP contribution in [0.15, 0.2) is 164 Å². The number of rotatable bonds is 4. The van der Waals surface area contributed by atoms with E-state index in [0.717, 1.165) is 44.2 Å². The number of benzene rings is 7. The highest BCUT2D eigenvalue weighted by Crippen LogP contribution is 2.52. The van der Waals surface area contributed by atoms with Crippen molar-refractivity contribution < 1.29 is 0 Å². The van der Waals surface area contributed by atoms with Crippen LogP contribution < -0.4 is 0 Å². The Morgan fingerprint density at radius 1 is 0.431 bits per heavy atom. The topological polar surface area (TPSA) is 38.7 Å². The predicted octanol–water partition coefficient (Wildman–Crippen LogP) is 12.3. The van der Waals surface area contributed by atoms with Crippen LogP contribution in [0.2, 0.25) is 0 Å². The maximum absolute atomic E-state index is 5.20. The van der Waals surface area contributed by atoms with Gasteiger partial charge in [-0.2, -0.15) is 0 Å². The van der Waals surface area contributed by atoms with E-state index in [9.17, 15) is 0 Å². The second-order valence-electron chi connectivity index (χ2n) is 14.1. The van der Waals surface area contributed by atoms with Gasteiger partial charge in [0.05, 0.1) is 11.4 Å². The van der Waals surface area contributed by atoms with E-state index in [1.54, 1.807) is 0 Å². The minimum atomic E-state index is -0.107. The normalized spacial score (nSPS) is 13.1. The van der Waals surface area contributed by atoms with Gasteiger partial charge in [-0.25, -0.2) is 9.97 Å². The van der Waals surface area contributed by atoms with Gasteiger partial charge in [-0.05, 0) is 84.6 Å². The van der Waals surface area contributed by atoms with Crippen LogP contribution >= 0.6 is 0 Å². The first-order valence-corrected chi connectivity index (χ1v) is 17.5. The molecule has 0 amide bonds. The summed E-state index contributed by atoms with van der Waals surface area (Å²) in [6.07, 6.45) is 3.74. The predicted molar refractivity (Wildman–Crippen MR) is 212 cm³/mol. The third kappa shape index (κ3) is 4.69. The van der Waals surface area contributed by atoms with Crippen molar-refractivity contribution in [2.75, 3.05) is 0 Å². The summed E-state index contributed by atoms with van der Waals surface area (Å²) in [6, 6.07) is 54.5. The fourth-order valence-electron chi connectivity index (χ4n) is 8.14. The van der Waals surface area contributed by atoms with Crippen molar-refractivity contribution in [3.8, 4) is 56.2 Å². The van der Waals surface area contributed by atoms with Gasteiger partial charge in [-0.15, -0.1) is 0 Å². The molecule has 1 aliphatic carbocycles. The van der Waals surface area contributed by atoms with E-state index in [1.807, 2.05) is 36.7 Å². The highest BCUT2D eigenvalue weighted by molar-refractivity contribution is 6.06. The summed E-state index contributed by atoms with van der Waals surface area (Å²) in [5.41, 5.74) is 12.7. The Labute approximate surface area is 297 Å². The van der Waals surface area contributed by atoms with E-state index >= 15 is 0 Å². The van der Waals surface area contributed by atoms with Gasteiger partial charge in [0.15, 0.2) is 5.82 Å². The summed E-state index contributed by atoms with van der Waals surface area (Å²) >= 11 is 0. The monoisotopic (exact) mass is 651 g/mol. The maximum Gasteiger partial charge on any atom is 0.160 e. The van der Waals surface area contributed by atoms with Crippen molar-refractivity contribution in [1.82, 2.24) is 15.0 Å². The number of pyridine rings is 1. The molecule has 0 radical (unpaired) electrons. The van der Waals surface area contributed by atoms with Gasteiger partial charge < -0.3 is 0 Å². The summed E-state index contributed by atoms with van der Waals surface area (Å²) in [4.78, 5) is 14.7. The lowest BCUT2D eigenvalue weighted by Gasteiger charge is -2.22. The summed E-state index contributed by atoms with van der Waals surface area (Å²) in [5.74, 6) is 0.704. The van der Waals surface area contributed by atoms with Crippen LogP contribution in [0.3, 0.4) is 0 Å². The molecule has 0 atom stereocenters. The second kappa shape index (κ2) is 11.3. The number of aromatic nitrogens is 3. The molecule has 3 nitrogen and oxygen atoms in total. The van der Waals surface area contributed by atoms with E-state index in [4.69, 9.17) is 9.97 Å². The molecule has 240 valence electrons. The van der Waals surface area contributed by atoms with Crippen LogP contribution in [-0.2, 0) is 5.41 Å². The molecule has 7 aromatic carbocycles. The van der Waals surface area contributed by atoms with Gasteiger partial charge in [0, 0.05) is 39.9 Å². The minimum absolute atomic E-state index is 0.107. The van der Waals surface area contributed by atoms with Crippen LogP contribution in [0.4, 0.5) is 0 Å². The average Bonchev–Trinajstić information content (AvgIpc) is 3.43. The number of hydrogen-bond donors (Lipinski definition) is 0. The van der Waals surface area contributed by atoms with Crippen molar-refractivity contribution in [2.24, 2.45) is 0 Å². The Morgan fingerprint density at radius 3 is 1.98 bits per heavy atom. The van der Waals surface area contributed by atoms with Gasteiger partial charge in [0.1, 0.15) is 0 Å². The molecule has 0 saturated carbocycles. The zero-order chi connectivity index (χ0) is 34.1. The van der Waals surface area contributed by atoms with Gasteiger partial charge in [-0.3, -0.25) is 4.98 Å². The Morgan fingerprint density at radius 2 is 1.12 bits per heavy atom. The molecule has 0 N–H and O–H groups in total. The van der Waals surface area contributed by atoms with Crippen LogP contribution in [0, 0.1) is 0 Å². The Kier molecular flexibility index (Phi) is 6.53. The molecule has 51 heavy (non-hydrogen) atoms. The average molecular weight is 652 g/mol. The zero-order valence-corrected chi connectivity index (χ0v) is 28.4. The highest BCUT2D eigenvalue weighted by atomic mass is 14.9. The van der Waals surface area contributed by atoms with Gasteiger partial charge in [-0.1, -0.05) is 141 Å². The SMILES string of the molecule is CC1(C)c2cc(-c3ccc(-c4cc(-c5ccc6ccncc6c5)nc(-c5ccccc5)n4)c4ccccc34)ccc2-c2c1ccc1ccccc21. The molecule has 0 unspecified atom stereocenters. The van der Waals surface area contributed by atoms with Crippen molar-refractivity contribution in [2.45, 2.75) is 19.3 Å². The Bertz CT molecular complexity index is 2830. The van der Waals surface area contributed by atoms with Crippen LogP contribution in [0.25, 0.3) is 88.5 Å². The lowest BCUT2D eigenvalue weighted by molar-refractivity contribution is 0.661. The molecule has 0 fully saturated rings. The molecule has 9 aromatic rings. The molecule has 3 heteroatoms. The second-order valence-corrected chi connectivity index (χ2v) is 14.1. The zero-order valence-electron chi connectivity index (χ0n) is 28.4. The smallest absolute Gasteiger partial charge is 0.160 e. The molecule has 0 spiro atoms. The lowest BCUT2D eigenvalue weighted by atomic mass is 9.81. The van der Waals surface area contributed by atoms with Crippen LogP contribution in [-0.4, -0.2) is 15.0 Å². The van der Waals surface area contributed by atoms with Crippen molar-refractivity contribution in [3.05, 3.63) is 175 Å². The molecule has 2 heterocycles. The van der Waals surface area contributed by atoms with Crippen molar-refractivity contribution in [3.63, 3.8) is 0 Å². The van der Waals surface area contributed by atoms with E-state index in [1.165, 1.54) is 49.5 Å². The Balaban J connectivity index is 1.14. The fourth-order valence-corrected chi connectivity index (χ4v) is 8.14. The number of fused-ring (bicyclic) bond motifs is 7. The van der Waals surface area contributed by atoms with Gasteiger partial charge >= 0.3 is 0 Å². The number of nitrogens with zero attached hydrogens (tertiary/aromatic N) is 3. The lowest BCUT2D eigenvalue weighted by Crippen LogP contribution is -2.15. The standard InChI is InChI=1S/C48H33N3/c1-48(2)42-23-19-31-10-6-7-13-37(31)46(42)41-20-18-33(27-43(41)48)36-21-22-40(39-15-9-8-14-38(36)39)45-28-44(50-47(51-45)32-11-4-3-5-12-32)34-17-16-30-24-25-49-29-35(30)26-34/h3-29H,1-2H3. The molecule has 10 rings (SSSR count). The van der Waals surface area contributed by atoms with E-state index < -0.39 is 0 Å². The largest absolute Gasteiger partial charge is 0.264 e. The first-order valence-electron chi connectivity index (χ1n) is 17.5. The molecule has 0 aliphatic heterocycles. The summed E-state index contributed by atoms with van der Waals surface area (Å²) < 4.78 is 0. The molecule has 1 aliphatic rings. The minimum Gasteiger partial charge on any atom is -0.264 e. The van der Waals surface area contributed by atoms with E-state index in [2.05, 4.69) is 146 Å². The van der Waals surface area contributed by atoms with E-state index in [-0.39, 0.29) is 5.41 Å². The summed E-state index contributed by atoms with van der Waals surface area (Å²) in [6.45, 7) is 4.72. The van der Waals surface area contributed by atoms with Gasteiger partial charge in [0.25, 0.3) is 0 Å². The summed E-state index contributed by atoms with van der Waals surface area (Å²) in [7, 11) is 0. The maximum atomic E-state index is 5.20. The third-order valence-corrected chi connectivity index (χ3v) is 10.8. The summed E-state index contributed by atoms with van der Waals surface area (Å²) in [5, 5.41) is 7.21. The van der Waals surface area contributed by atoms with Crippen molar-refractivity contribution >= 4 is 32.3 Å². The van der Waals surface area contributed by atoms with Crippen molar-refractivity contribution in [1.29, 1.82) is 0 Å². The first-order chi connectivity index (χ1) is 25.0. The number of hydrogen-bond acceptors (Lipinski definition) is 3. The first kappa shape index (κ1) is 29.5. The van der Waals surface area contributed by atoms with E-state index in [0.29, 0.717) is 5.82 Å². The van der Waals surface area contributed by atoms with Crippen LogP contribution in [0.1, 0.15) is 25.0 Å². The fraction of sp³-hybridized carbons (Fsp3) is 0.0625.